The first-order valence-electron chi connectivity index (χ1n) is 9.79. The number of anilines is 1. The van der Waals surface area contributed by atoms with Crippen LogP contribution < -0.4 is 5.32 Å². The molecule has 0 radical (unpaired) electrons. The summed E-state index contributed by atoms with van der Waals surface area (Å²) in [5.74, 6) is 0.877. The highest BCUT2D eigenvalue weighted by atomic mass is 35.5. The van der Waals surface area contributed by atoms with Crippen molar-refractivity contribution in [3.05, 3.63) is 63.5 Å². The Balaban J connectivity index is 1.56. The Morgan fingerprint density at radius 2 is 1.93 bits per heavy atom. The summed E-state index contributed by atoms with van der Waals surface area (Å²) in [6.07, 6.45) is 2.98. The Bertz CT molecular complexity index is 994. The lowest BCUT2D eigenvalue weighted by atomic mass is 9.91. The van der Waals surface area contributed by atoms with E-state index < -0.39 is 0 Å². The van der Waals surface area contributed by atoms with Crippen LogP contribution in [0, 0.1) is 11.8 Å². The van der Waals surface area contributed by atoms with Crippen molar-refractivity contribution in [2.75, 3.05) is 18.4 Å². The van der Waals surface area contributed by atoms with Gasteiger partial charge < -0.3 is 10.2 Å². The third-order valence-corrected chi connectivity index (χ3v) is 6.56. The quantitative estimate of drug-likeness (QED) is 0.641. The Morgan fingerprint density at radius 1 is 1.17 bits per heavy atom. The van der Waals surface area contributed by atoms with Gasteiger partial charge >= 0.3 is 0 Å². The molecule has 1 fully saturated rings. The van der Waals surface area contributed by atoms with E-state index in [4.69, 9.17) is 11.6 Å². The van der Waals surface area contributed by atoms with Gasteiger partial charge in [-0.05, 0) is 60.2 Å². The molecule has 2 heterocycles. The van der Waals surface area contributed by atoms with E-state index >= 15 is 0 Å². The van der Waals surface area contributed by atoms with Gasteiger partial charge in [-0.15, -0.1) is 0 Å². The van der Waals surface area contributed by atoms with E-state index in [-0.39, 0.29) is 11.8 Å². The number of hydrogen-bond acceptors (Lipinski definition) is 3. The van der Waals surface area contributed by atoms with Crippen molar-refractivity contribution in [2.24, 2.45) is 11.8 Å². The van der Waals surface area contributed by atoms with Crippen LogP contribution in [0.25, 0.3) is 6.08 Å². The number of nitrogens with one attached hydrogen (secondary N) is 1. The lowest BCUT2D eigenvalue weighted by Gasteiger charge is -2.35. The van der Waals surface area contributed by atoms with Crippen molar-refractivity contribution < 1.29 is 9.59 Å². The standard InChI is InChI=1S/C23H23ClN2O2S/c1-14-8-15(2)13-26(12-14)23(28)17-6-7-20-19(11-17)25-22(27)21(29-20)10-16-4-3-5-18(24)9-16/h3-7,9-11,14-15H,8,12-13H2,1-2H3,(H,25,27)/b21-10+/t14-,15+. The topological polar surface area (TPSA) is 49.4 Å². The highest BCUT2D eigenvalue weighted by molar-refractivity contribution is 8.04. The second kappa shape index (κ2) is 8.25. The molecule has 0 unspecified atom stereocenters. The summed E-state index contributed by atoms with van der Waals surface area (Å²) in [4.78, 5) is 29.0. The van der Waals surface area contributed by atoms with Crippen molar-refractivity contribution in [3.8, 4) is 0 Å². The van der Waals surface area contributed by atoms with Gasteiger partial charge in [0.05, 0.1) is 10.6 Å². The van der Waals surface area contributed by atoms with Gasteiger partial charge in [-0.25, -0.2) is 0 Å². The number of carbonyl (C=O) groups is 2. The predicted octanol–water partition coefficient (Wildman–Crippen LogP) is 5.54. The first-order valence-corrected chi connectivity index (χ1v) is 11.0. The van der Waals surface area contributed by atoms with Crippen molar-refractivity contribution in [3.63, 3.8) is 0 Å². The number of fused-ring (bicyclic) bond motifs is 1. The average Bonchev–Trinajstić information content (AvgIpc) is 2.67. The fourth-order valence-corrected chi connectivity index (χ4v) is 5.18. The molecule has 0 bridgehead atoms. The molecule has 0 aromatic heterocycles. The summed E-state index contributed by atoms with van der Waals surface area (Å²) in [6.45, 7) is 5.95. The molecule has 2 aromatic carbocycles. The van der Waals surface area contributed by atoms with Gasteiger partial charge in [-0.2, -0.15) is 0 Å². The largest absolute Gasteiger partial charge is 0.338 e. The van der Waals surface area contributed by atoms with Crippen molar-refractivity contribution in [1.29, 1.82) is 0 Å². The lowest BCUT2D eigenvalue weighted by Crippen LogP contribution is -2.42. The Morgan fingerprint density at radius 3 is 2.66 bits per heavy atom. The number of carbonyl (C=O) groups excluding carboxylic acids is 2. The highest BCUT2D eigenvalue weighted by Crippen LogP contribution is 2.39. The number of likely N-dealkylation sites (tertiary alicyclic amines) is 1. The Hall–Kier alpha value is -2.24. The number of thioether (sulfide) groups is 1. The number of nitrogens with zero attached hydrogens (tertiary/aromatic N) is 1. The summed E-state index contributed by atoms with van der Waals surface area (Å²) < 4.78 is 0. The maximum Gasteiger partial charge on any atom is 0.262 e. The molecule has 1 N–H and O–H groups in total. The Kier molecular flexibility index (Phi) is 5.70. The molecule has 6 heteroatoms. The van der Waals surface area contributed by atoms with E-state index in [2.05, 4.69) is 19.2 Å². The zero-order valence-corrected chi connectivity index (χ0v) is 18.0. The molecular weight excluding hydrogens is 404 g/mol. The highest BCUT2D eigenvalue weighted by Gasteiger charge is 2.28. The molecule has 2 aliphatic heterocycles. The number of halogens is 1. The summed E-state index contributed by atoms with van der Waals surface area (Å²) in [6, 6.07) is 12.9. The molecule has 2 aliphatic rings. The fraction of sp³-hybridized carbons (Fsp3) is 0.304. The van der Waals surface area contributed by atoms with Gasteiger partial charge in [0.15, 0.2) is 0 Å². The normalized spacial score (nSPS) is 22.9. The van der Waals surface area contributed by atoms with Gasteiger partial charge in [0.25, 0.3) is 11.8 Å². The molecule has 2 aromatic rings. The smallest absolute Gasteiger partial charge is 0.262 e. The Labute approximate surface area is 180 Å². The van der Waals surface area contributed by atoms with Crippen LogP contribution >= 0.6 is 23.4 Å². The molecule has 4 rings (SSSR count). The summed E-state index contributed by atoms with van der Waals surface area (Å²) >= 11 is 7.44. The van der Waals surface area contributed by atoms with E-state index in [1.165, 1.54) is 11.8 Å². The van der Waals surface area contributed by atoms with E-state index in [9.17, 15) is 9.59 Å². The maximum atomic E-state index is 13.0. The van der Waals surface area contributed by atoms with Gasteiger partial charge in [0, 0.05) is 28.6 Å². The van der Waals surface area contributed by atoms with E-state index in [0.717, 1.165) is 30.0 Å². The second-order valence-electron chi connectivity index (χ2n) is 7.99. The minimum Gasteiger partial charge on any atom is -0.338 e. The lowest BCUT2D eigenvalue weighted by molar-refractivity contribution is -0.112. The first kappa shape index (κ1) is 20.0. The minimum absolute atomic E-state index is 0.0331. The zero-order valence-electron chi connectivity index (χ0n) is 16.4. The molecule has 150 valence electrons. The number of hydrogen-bond donors (Lipinski definition) is 1. The predicted molar refractivity (Wildman–Crippen MR) is 119 cm³/mol. The summed E-state index contributed by atoms with van der Waals surface area (Å²) in [5.41, 5.74) is 2.18. The van der Waals surface area contributed by atoms with Crippen LogP contribution in [-0.4, -0.2) is 29.8 Å². The zero-order chi connectivity index (χ0) is 20.5. The van der Waals surface area contributed by atoms with Crippen LogP contribution in [0.5, 0.6) is 0 Å². The fourth-order valence-electron chi connectivity index (χ4n) is 4.05. The monoisotopic (exact) mass is 426 g/mol. The average molecular weight is 427 g/mol. The number of benzene rings is 2. The van der Waals surface area contributed by atoms with E-state index in [1.54, 1.807) is 12.1 Å². The SMILES string of the molecule is C[C@@H]1C[C@H](C)CN(C(=O)c2ccc3c(c2)NC(=O)/C(=C\c2cccc(Cl)c2)S3)C1. The molecule has 29 heavy (non-hydrogen) atoms. The summed E-state index contributed by atoms with van der Waals surface area (Å²) in [5, 5.41) is 3.56. The molecule has 0 saturated carbocycles. The minimum atomic E-state index is -0.174. The molecule has 4 nitrogen and oxygen atoms in total. The van der Waals surface area contributed by atoms with Crippen LogP contribution in [0.1, 0.15) is 36.2 Å². The van der Waals surface area contributed by atoms with Gasteiger partial charge in [0.1, 0.15) is 0 Å². The molecule has 1 saturated heterocycles. The second-order valence-corrected chi connectivity index (χ2v) is 9.51. The van der Waals surface area contributed by atoms with Crippen LogP contribution in [0.4, 0.5) is 5.69 Å². The third kappa shape index (κ3) is 4.51. The van der Waals surface area contributed by atoms with E-state index in [1.807, 2.05) is 41.3 Å². The number of rotatable bonds is 2. The van der Waals surface area contributed by atoms with Crippen LogP contribution in [-0.2, 0) is 4.79 Å². The summed E-state index contributed by atoms with van der Waals surface area (Å²) in [7, 11) is 0. The van der Waals surface area contributed by atoms with Crippen LogP contribution in [0.3, 0.4) is 0 Å². The van der Waals surface area contributed by atoms with Crippen LogP contribution in [0.15, 0.2) is 52.3 Å². The van der Waals surface area contributed by atoms with Crippen molar-refractivity contribution in [1.82, 2.24) is 4.90 Å². The molecule has 2 atom stereocenters. The number of amides is 2. The number of piperidine rings is 1. The van der Waals surface area contributed by atoms with Gasteiger partial charge in [-0.3, -0.25) is 9.59 Å². The van der Waals surface area contributed by atoms with Crippen molar-refractivity contribution >= 4 is 46.9 Å². The van der Waals surface area contributed by atoms with Gasteiger partial charge in [0.2, 0.25) is 0 Å². The van der Waals surface area contributed by atoms with Crippen LogP contribution in [0.2, 0.25) is 5.02 Å². The molecule has 0 spiro atoms. The van der Waals surface area contributed by atoms with Crippen molar-refractivity contribution in [2.45, 2.75) is 25.2 Å². The van der Waals surface area contributed by atoms with E-state index in [0.29, 0.717) is 33.0 Å². The molecule has 0 aliphatic carbocycles. The first-order chi connectivity index (χ1) is 13.9. The molecular formula is C23H23ClN2O2S. The van der Waals surface area contributed by atoms with Gasteiger partial charge in [-0.1, -0.05) is 49.3 Å². The molecule has 2 amide bonds. The maximum absolute atomic E-state index is 13.0. The third-order valence-electron chi connectivity index (χ3n) is 5.22.